The fourth-order valence-corrected chi connectivity index (χ4v) is 0.524. The molecule has 0 bridgehead atoms. The summed E-state index contributed by atoms with van der Waals surface area (Å²) in [5.41, 5.74) is 0.0995. The van der Waals surface area contributed by atoms with Crippen LogP contribution in [0.2, 0.25) is 0 Å². The van der Waals surface area contributed by atoms with Gasteiger partial charge in [0.15, 0.2) is 12.1 Å². The van der Waals surface area contributed by atoms with Gasteiger partial charge in [-0.05, 0) is 13.8 Å². The maximum absolute atomic E-state index is 10.6. The van der Waals surface area contributed by atoms with Gasteiger partial charge in [0.25, 0.3) is 0 Å². The molecule has 3 nitrogen and oxygen atoms in total. The molecule has 0 radical (unpaired) electrons. The molecule has 0 saturated carbocycles. The van der Waals surface area contributed by atoms with E-state index in [-0.39, 0.29) is 11.4 Å². The Hall–Kier alpha value is -1.12. The van der Waals surface area contributed by atoms with Crippen molar-refractivity contribution in [2.75, 3.05) is 7.11 Å². The minimum absolute atomic E-state index is 0.0995. The SMILES string of the molecule is CO/C(C)=C(/C=O)C(C)=O. The number of hydrogen-bond acceptors (Lipinski definition) is 3. The van der Waals surface area contributed by atoms with Crippen LogP contribution in [0.4, 0.5) is 0 Å². The molecular weight excluding hydrogens is 132 g/mol. The van der Waals surface area contributed by atoms with E-state index in [0.29, 0.717) is 12.0 Å². The molecule has 0 rings (SSSR count). The summed E-state index contributed by atoms with van der Waals surface area (Å²) in [4.78, 5) is 20.8. The minimum atomic E-state index is -0.269. The topological polar surface area (TPSA) is 43.4 Å². The lowest BCUT2D eigenvalue weighted by Crippen LogP contribution is -2.02. The van der Waals surface area contributed by atoms with E-state index in [1.165, 1.54) is 14.0 Å². The van der Waals surface area contributed by atoms with Crippen LogP contribution in [0.1, 0.15) is 13.8 Å². The summed E-state index contributed by atoms with van der Waals surface area (Å²) >= 11 is 0. The van der Waals surface area contributed by atoms with Crippen molar-refractivity contribution < 1.29 is 14.3 Å². The van der Waals surface area contributed by atoms with Gasteiger partial charge in [-0.2, -0.15) is 0 Å². The molecule has 0 fully saturated rings. The Balaban J connectivity index is 4.62. The van der Waals surface area contributed by atoms with Crippen LogP contribution in [-0.4, -0.2) is 19.2 Å². The molecular formula is C7H10O3. The summed E-state index contributed by atoms with van der Waals surface area (Å²) in [6.07, 6.45) is 0.501. The average Bonchev–Trinajstić information content (AvgIpc) is 1.88. The Morgan fingerprint density at radius 2 is 1.90 bits per heavy atom. The first kappa shape index (κ1) is 8.88. The predicted octanol–water partition coefficient (Wildman–Crippen LogP) is 0.695. The van der Waals surface area contributed by atoms with Crippen molar-refractivity contribution in [3.8, 4) is 0 Å². The van der Waals surface area contributed by atoms with Gasteiger partial charge in [-0.15, -0.1) is 0 Å². The molecule has 0 heterocycles. The van der Waals surface area contributed by atoms with Gasteiger partial charge < -0.3 is 4.74 Å². The van der Waals surface area contributed by atoms with E-state index in [2.05, 4.69) is 0 Å². The van der Waals surface area contributed by atoms with E-state index in [0.717, 1.165) is 0 Å². The second kappa shape index (κ2) is 3.82. The van der Waals surface area contributed by atoms with Crippen LogP contribution in [0.5, 0.6) is 0 Å². The van der Waals surface area contributed by atoms with E-state index >= 15 is 0 Å². The molecule has 0 aliphatic rings. The highest BCUT2D eigenvalue weighted by Crippen LogP contribution is 2.01. The van der Waals surface area contributed by atoms with E-state index in [1.807, 2.05) is 0 Å². The summed E-state index contributed by atoms with van der Waals surface area (Å²) in [7, 11) is 1.42. The van der Waals surface area contributed by atoms with Crippen LogP contribution < -0.4 is 0 Å². The quantitative estimate of drug-likeness (QED) is 0.191. The molecule has 0 aliphatic carbocycles. The van der Waals surface area contributed by atoms with Gasteiger partial charge in [-0.25, -0.2) is 0 Å². The number of carbonyl (C=O) groups is 2. The molecule has 10 heavy (non-hydrogen) atoms. The molecule has 0 saturated heterocycles. The Labute approximate surface area is 59.7 Å². The van der Waals surface area contributed by atoms with E-state index < -0.39 is 0 Å². The average molecular weight is 142 g/mol. The van der Waals surface area contributed by atoms with Gasteiger partial charge in [0.2, 0.25) is 0 Å². The van der Waals surface area contributed by atoms with Crippen LogP contribution in [0, 0.1) is 0 Å². The predicted molar refractivity (Wildman–Crippen MR) is 36.5 cm³/mol. The van der Waals surface area contributed by atoms with Crippen LogP contribution in [-0.2, 0) is 14.3 Å². The molecule has 0 aliphatic heterocycles. The number of allylic oxidation sites excluding steroid dienone is 2. The summed E-state index contributed by atoms with van der Waals surface area (Å²) in [6, 6.07) is 0. The monoisotopic (exact) mass is 142 g/mol. The standard InChI is InChI=1S/C7H10O3/c1-5(9)7(4-8)6(2)10-3/h4H,1-3H3/b7-6-. The number of methoxy groups -OCH3 is 1. The van der Waals surface area contributed by atoms with Crippen LogP contribution in [0.15, 0.2) is 11.3 Å². The van der Waals surface area contributed by atoms with E-state index in [1.54, 1.807) is 6.92 Å². The van der Waals surface area contributed by atoms with Crippen molar-refractivity contribution in [2.24, 2.45) is 0 Å². The summed E-state index contributed by atoms with van der Waals surface area (Å²) in [5.74, 6) is 0.0943. The second-order valence-electron chi connectivity index (χ2n) is 1.85. The molecule has 56 valence electrons. The van der Waals surface area contributed by atoms with Gasteiger partial charge in [0, 0.05) is 0 Å². The number of ketones is 1. The highest BCUT2D eigenvalue weighted by molar-refractivity contribution is 6.10. The third kappa shape index (κ3) is 2.01. The van der Waals surface area contributed by atoms with Crippen molar-refractivity contribution in [3.63, 3.8) is 0 Å². The van der Waals surface area contributed by atoms with Gasteiger partial charge in [-0.3, -0.25) is 9.59 Å². The molecule has 0 amide bonds. The first-order chi connectivity index (χ1) is 4.63. The zero-order valence-electron chi connectivity index (χ0n) is 6.30. The van der Waals surface area contributed by atoms with Gasteiger partial charge in [-0.1, -0.05) is 0 Å². The van der Waals surface area contributed by atoms with Crippen molar-refractivity contribution in [1.82, 2.24) is 0 Å². The maximum Gasteiger partial charge on any atom is 0.166 e. The molecule has 0 N–H and O–H groups in total. The molecule has 0 aromatic rings. The molecule has 0 atom stereocenters. The summed E-state index contributed by atoms with van der Waals surface area (Å²) in [5, 5.41) is 0. The lowest BCUT2D eigenvalue weighted by molar-refractivity contribution is -0.116. The van der Waals surface area contributed by atoms with Gasteiger partial charge >= 0.3 is 0 Å². The summed E-state index contributed by atoms with van der Waals surface area (Å²) in [6.45, 7) is 2.90. The van der Waals surface area contributed by atoms with Crippen molar-refractivity contribution >= 4 is 12.1 Å². The lowest BCUT2D eigenvalue weighted by atomic mass is 10.2. The number of rotatable bonds is 3. The largest absolute Gasteiger partial charge is 0.501 e. The minimum Gasteiger partial charge on any atom is -0.501 e. The van der Waals surface area contributed by atoms with Crippen LogP contribution in [0.25, 0.3) is 0 Å². The molecule has 0 unspecified atom stereocenters. The van der Waals surface area contributed by atoms with E-state index in [4.69, 9.17) is 4.74 Å². The van der Waals surface area contributed by atoms with E-state index in [9.17, 15) is 9.59 Å². The number of hydrogen-bond donors (Lipinski definition) is 0. The van der Waals surface area contributed by atoms with Crippen LogP contribution in [0.3, 0.4) is 0 Å². The molecule has 0 spiro atoms. The molecule has 3 heteroatoms. The smallest absolute Gasteiger partial charge is 0.166 e. The number of carbonyl (C=O) groups excluding carboxylic acids is 2. The highest BCUT2D eigenvalue weighted by Gasteiger charge is 2.05. The van der Waals surface area contributed by atoms with Crippen molar-refractivity contribution in [2.45, 2.75) is 13.8 Å². The highest BCUT2D eigenvalue weighted by atomic mass is 16.5. The van der Waals surface area contributed by atoms with Gasteiger partial charge in [0.05, 0.1) is 12.7 Å². The number of aldehydes is 1. The first-order valence-electron chi connectivity index (χ1n) is 2.84. The van der Waals surface area contributed by atoms with Gasteiger partial charge in [0.1, 0.15) is 5.76 Å². The zero-order chi connectivity index (χ0) is 8.15. The van der Waals surface area contributed by atoms with Crippen LogP contribution >= 0.6 is 0 Å². The third-order valence-electron chi connectivity index (χ3n) is 1.18. The van der Waals surface area contributed by atoms with Crippen molar-refractivity contribution in [1.29, 1.82) is 0 Å². The molecule has 0 aromatic heterocycles. The second-order valence-corrected chi connectivity index (χ2v) is 1.85. The Morgan fingerprint density at radius 3 is 2.00 bits per heavy atom. The first-order valence-corrected chi connectivity index (χ1v) is 2.84. The zero-order valence-corrected chi connectivity index (χ0v) is 6.30. The summed E-state index contributed by atoms with van der Waals surface area (Å²) < 4.78 is 4.69. The fourth-order valence-electron chi connectivity index (χ4n) is 0.524. The normalized spacial score (nSPS) is 11.9. The van der Waals surface area contributed by atoms with Crippen molar-refractivity contribution in [3.05, 3.63) is 11.3 Å². The Morgan fingerprint density at radius 1 is 1.40 bits per heavy atom. The Kier molecular flexibility index (Phi) is 3.39. The lowest BCUT2D eigenvalue weighted by Gasteiger charge is -1.99. The number of ether oxygens (including phenoxy) is 1. The Bertz CT molecular complexity index is 179. The number of Topliss-reactive ketones (excluding diaryl/α,β-unsaturated/α-hetero) is 1. The third-order valence-corrected chi connectivity index (χ3v) is 1.18. The fraction of sp³-hybridized carbons (Fsp3) is 0.429. The maximum atomic E-state index is 10.6. The molecule has 0 aromatic carbocycles.